The maximum atomic E-state index is 14.5. The summed E-state index contributed by atoms with van der Waals surface area (Å²) in [4.78, 5) is 85.7. The summed E-state index contributed by atoms with van der Waals surface area (Å²) < 4.78 is 78.8. The van der Waals surface area contributed by atoms with Crippen LogP contribution in [0.1, 0.15) is 39.7 Å². The van der Waals surface area contributed by atoms with E-state index in [1.807, 2.05) is 5.32 Å². The van der Waals surface area contributed by atoms with Crippen molar-refractivity contribution >= 4 is 41.8 Å². The lowest BCUT2D eigenvalue weighted by molar-refractivity contribution is -0.257. The SMILES string of the molecule is COC(=O)[C@@](CC(=O)N[C@@H]1O[C@H](COC(C)=O)[C@@H](OC(C)=O)[C@H](OC(C)=O)[C@H]1OC(C)=O)(NC(=O)OCc1ccccc1)C(F)(F)F. The summed E-state index contributed by atoms with van der Waals surface area (Å²) in [7, 11) is 0.581. The van der Waals surface area contributed by atoms with E-state index in [9.17, 15) is 46.7 Å². The molecule has 1 heterocycles. The van der Waals surface area contributed by atoms with Crippen molar-refractivity contribution < 1.29 is 79.9 Å². The van der Waals surface area contributed by atoms with Crippen LogP contribution in [0.15, 0.2) is 30.3 Å². The lowest BCUT2D eigenvalue weighted by Gasteiger charge is -2.44. The van der Waals surface area contributed by atoms with E-state index in [4.69, 9.17) is 28.4 Å². The summed E-state index contributed by atoms with van der Waals surface area (Å²) in [6.07, 6.45) is -18.1. The first-order chi connectivity index (χ1) is 21.9. The van der Waals surface area contributed by atoms with Gasteiger partial charge < -0.3 is 38.5 Å². The molecule has 47 heavy (non-hydrogen) atoms. The van der Waals surface area contributed by atoms with E-state index in [0.29, 0.717) is 12.7 Å². The zero-order valence-electron chi connectivity index (χ0n) is 25.7. The van der Waals surface area contributed by atoms with Crippen LogP contribution < -0.4 is 10.6 Å². The lowest BCUT2D eigenvalue weighted by Crippen LogP contribution is -2.68. The van der Waals surface area contributed by atoms with Crippen LogP contribution >= 0.6 is 0 Å². The number of alkyl halides is 3. The summed E-state index contributed by atoms with van der Waals surface area (Å²) in [6, 6.07) is 7.79. The van der Waals surface area contributed by atoms with Crippen molar-refractivity contribution in [3.05, 3.63) is 35.9 Å². The molecule has 0 aliphatic carbocycles. The topological polar surface area (TPSA) is 208 Å². The van der Waals surface area contributed by atoms with Crippen molar-refractivity contribution in [1.29, 1.82) is 0 Å². The number of ether oxygens (including phenoxy) is 7. The molecule has 0 unspecified atom stereocenters. The summed E-state index contributed by atoms with van der Waals surface area (Å²) in [5.41, 5.74) is -3.63. The second-order valence-corrected chi connectivity index (χ2v) is 9.95. The number of hydrogen-bond donors (Lipinski definition) is 2. The number of halogens is 3. The minimum absolute atomic E-state index is 0.389. The van der Waals surface area contributed by atoms with Gasteiger partial charge in [-0.1, -0.05) is 30.3 Å². The number of carbonyl (C=O) groups excluding carboxylic acids is 7. The van der Waals surface area contributed by atoms with Gasteiger partial charge in [0.05, 0.1) is 13.5 Å². The summed E-state index contributed by atoms with van der Waals surface area (Å²) in [5, 5.41) is 3.37. The third kappa shape index (κ3) is 10.8. The van der Waals surface area contributed by atoms with Gasteiger partial charge >= 0.3 is 42.1 Å². The van der Waals surface area contributed by atoms with E-state index in [2.05, 4.69) is 4.74 Å². The average Bonchev–Trinajstić information content (AvgIpc) is 2.96. The number of amides is 2. The molecule has 260 valence electrons. The minimum atomic E-state index is -5.66. The van der Waals surface area contributed by atoms with Gasteiger partial charge in [0.15, 0.2) is 24.5 Å². The van der Waals surface area contributed by atoms with Crippen LogP contribution in [0.25, 0.3) is 0 Å². The monoisotopic (exact) mass is 678 g/mol. The molecular formula is C28H33F3N2O14. The predicted molar refractivity (Wildman–Crippen MR) is 145 cm³/mol. The number of rotatable bonds is 12. The maximum absolute atomic E-state index is 14.5. The van der Waals surface area contributed by atoms with Crippen LogP contribution in [-0.4, -0.2) is 97.9 Å². The molecule has 2 N–H and O–H groups in total. The molecule has 2 rings (SSSR count). The van der Waals surface area contributed by atoms with E-state index in [1.165, 1.54) is 17.4 Å². The van der Waals surface area contributed by atoms with Gasteiger partial charge in [-0.2, -0.15) is 13.2 Å². The van der Waals surface area contributed by atoms with E-state index >= 15 is 0 Å². The van der Waals surface area contributed by atoms with Crippen LogP contribution in [0.4, 0.5) is 18.0 Å². The second kappa shape index (κ2) is 16.6. The molecule has 2 amide bonds. The Balaban J connectivity index is 2.47. The Labute approximate surface area is 265 Å². The molecule has 1 aliphatic heterocycles. The molecule has 1 fully saturated rings. The molecule has 0 radical (unpaired) electrons. The Morgan fingerprint density at radius 2 is 1.34 bits per heavy atom. The number of nitrogens with one attached hydrogen (secondary N) is 2. The zero-order chi connectivity index (χ0) is 35.5. The van der Waals surface area contributed by atoms with Crippen molar-refractivity contribution in [2.75, 3.05) is 13.7 Å². The third-order valence-corrected chi connectivity index (χ3v) is 6.27. The number of benzene rings is 1. The van der Waals surface area contributed by atoms with E-state index < -0.39 is 104 Å². The van der Waals surface area contributed by atoms with Gasteiger partial charge in [-0.25, -0.2) is 9.59 Å². The van der Waals surface area contributed by atoms with Gasteiger partial charge in [-0.15, -0.1) is 0 Å². The molecule has 1 aromatic rings. The maximum Gasteiger partial charge on any atom is 0.423 e. The zero-order valence-corrected chi connectivity index (χ0v) is 25.7. The fourth-order valence-corrected chi connectivity index (χ4v) is 4.36. The lowest BCUT2D eigenvalue weighted by atomic mass is 9.93. The highest BCUT2D eigenvalue weighted by atomic mass is 19.4. The number of esters is 5. The molecule has 1 aromatic carbocycles. The second-order valence-electron chi connectivity index (χ2n) is 9.95. The smallest absolute Gasteiger partial charge is 0.423 e. The van der Waals surface area contributed by atoms with Gasteiger partial charge in [0.2, 0.25) is 11.4 Å². The van der Waals surface area contributed by atoms with Crippen LogP contribution in [0.3, 0.4) is 0 Å². The van der Waals surface area contributed by atoms with Gasteiger partial charge in [-0.3, -0.25) is 29.3 Å². The standard InChI is InChI=1S/C28H33F3N2O14/c1-14(34)42-13-19-21(44-15(2)35)22(45-16(3)36)23(46-17(4)37)24(47-19)32-20(38)11-27(25(39)41-5,28(29,30)31)33-26(40)43-12-18-9-7-6-8-10-18/h6-10,19,21-24H,11-13H2,1-5H3,(H,32,38)(H,33,40)/t19-,21-,22+,23-,24-,27-/m1/s1. The highest BCUT2D eigenvalue weighted by Gasteiger charge is 2.64. The van der Waals surface area contributed by atoms with Crippen molar-refractivity contribution in [3.8, 4) is 0 Å². The van der Waals surface area contributed by atoms with Crippen LogP contribution in [-0.2, 0) is 68.5 Å². The summed E-state index contributed by atoms with van der Waals surface area (Å²) in [6.45, 7) is 2.59. The highest BCUT2D eigenvalue weighted by molar-refractivity contribution is 5.93. The molecule has 16 nitrogen and oxygen atoms in total. The molecular weight excluding hydrogens is 645 g/mol. The molecule has 1 aliphatic rings. The van der Waals surface area contributed by atoms with Gasteiger partial charge in [-0.05, 0) is 5.56 Å². The first kappa shape index (κ1) is 38.2. The third-order valence-electron chi connectivity index (χ3n) is 6.27. The minimum Gasteiger partial charge on any atom is -0.467 e. The van der Waals surface area contributed by atoms with E-state index in [0.717, 1.165) is 27.7 Å². The van der Waals surface area contributed by atoms with Crippen LogP contribution in [0, 0.1) is 0 Å². The normalized spacial score (nSPS) is 21.9. The van der Waals surface area contributed by atoms with Crippen LogP contribution in [0.5, 0.6) is 0 Å². The van der Waals surface area contributed by atoms with Crippen molar-refractivity contribution in [2.45, 2.75) is 83.1 Å². The molecule has 0 aromatic heterocycles. The Morgan fingerprint density at radius 1 is 0.787 bits per heavy atom. The molecule has 0 spiro atoms. The van der Waals surface area contributed by atoms with Gasteiger partial charge in [0.1, 0.15) is 19.3 Å². The number of methoxy groups -OCH3 is 1. The van der Waals surface area contributed by atoms with Crippen LogP contribution in [0.2, 0.25) is 0 Å². The quantitative estimate of drug-likeness (QED) is 0.233. The Bertz CT molecular complexity index is 1330. The average molecular weight is 679 g/mol. The molecule has 0 bridgehead atoms. The fraction of sp³-hybridized carbons (Fsp3) is 0.536. The molecule has 0 saturated carbocycles. The Hall–Kier alpha value is -4.94. The molecule has 6 atom stereocenters. The molecule has 19 heteroatoms. The highest BCUT2D eigenvalue weighted by Crippen LogP contribution is 2.35. The summed E-state index contributed by atoms with van der Waals surface area (Å²) >= 11 is 0. The fourth-order valence-electron chi connectivity index (χ4n) is 4.36. The molecule has 1 saturated heterocycles. The van der Waals surface area contributed by atoms with Crippen molar-refractivity contribution in [2.24, 2.45) is 0 Å². The van der Waals surface area contributed by atoms with Crippen molar-refractivity contribution in [3.63, 3.8) is 0 Å². The number of alkyl carbamates (subject to hydrolysis) is 1. The van der Waals surface area contributed by atoms with Gasteiger partial charge in [0, 0.05) is 27.7 Å². The number of hydrogen-bond acceptors (Lipinski definition) is 14. The number of carbonyl (C=O) groups is 7. The summed E-state index contributed by atoms with van der Waals surface area (Å²) in [5.74, 6) is -7.61. The van der Waals surface area contributed by atoms with Gasteiger partial charge in [0.25, 0.3) is 0 Å². The Kier molecular flexibility index (Phi) is 13.5. The predicted octanol–water partition coefficient (Wildman–Crippen LogP) is 0.976. The first-order valence-corrected chi connectivity index (χ1v) is 13.6. The largest absolute Gasteiger partial charge is 0.467 e. The van der Waals surface area contributed by atoms with E-state index in [1.54, 1.807) is 18.2 Å². The Morgan fingerprint density at radius 3 is 1.85 bits per heavy atom. The van der Waals surface area contributed by atoms with Crippen molar-refractivity contribution in [1.82, 2.24) is 10.6 Å². The first-order valence-electron chi connectivity index (χ1n) is 13.6. The van der Waals surface area contributed by atoms with E-state index in [-0.39, 0.29) is 0 Å².